The second-order valence-corrected chi connectivity index (χ2v) is 6.14. The lowest BCUT2D eigenvalue weighted by Crippen LogP contribution is -2.15. The van der Waals surface area contributed by atoms with Crippen molar-refractivity contribution in [2.45, 2.75) is 6.92 Å². The first-order valence-corrected chi connectivity index (χ1v) is 8.18. The molecule has 140 valence electrons. The summed E-state index contributed by atoms with van der Waals surface area (Å²) < 4.78 is 47.7. The molecular weight excluding hydrogens is 355 g/mol. The van der Waals surface area contributed by atoms with Crippen molar-refractivity contribution in [3.8, 4) is 22.6 Å². The first-order valence-electron chi connectivity index (χ1n) is 8.18. The Morgan fingerprint density at radius 3 is 2.37 bits per heavy atom. The molecule has 0 spiro atoms. The van der Waals surface area contributed by atoms with Crippen molar-refractivity contribution in [1.82, 2.24) is 0 Å². The van der Waals surface area contributed by atoms with Crippen LogP contribution in [0, 0.1) is 24.4 Å². The molecule has 0 aliphatic heterocycles. The maximum Gasteiger partial charge on any atom is 0.191 e. The molecule has 3 nitrogen and oxygen atoms in total. The predicted octanol–water partition coefficient (Wildman–Crippen LogP) is 5.56. The first-order chi connectivity index (χ1) is 12.8. The number of anilines is 2. The number of benzene rings is 3. The Labute approximate surface area is 155 Å². The van der Waals surface area contributed by atoms with Crippen molar-refractivity contribution >= 4 is 11.4 Å². The minimum absolute atomic E-state index is 0.375. The van der Waals surface area contributed by atoms with E-state index in [1.165, 1.54) is 31.2 Å². The fourth-order valence-electron chi connectivity index (χ4n) is 3.06. The summed E-state index contributed by atoms with van der Waals surface area (Å²) in [5.41, 5.74) is 1.95. The molecule has 0 amide bonds. The number of hydrogen-bond donors (Lipinski definition) is 1. The molecule has 3 aromatic rings. The molecule has 3 rings (SSSR count). The average molecular weight is 373 g/mol. The van der Waals surface area contributed by atoms with E-state index in [2.05, 4.69) is 0 Å². The Balaban J connectivity index is 2.21. The highest BCUT2D eigenvalue weighted by atomic mass is 19.1. The number of aryl methyl sites for hydroxylation is 1. The zero-order valence-electron chi connectivity index (χ0n) is 15.1. The molecule has 1 N–H and O–H groups in total. The van der Waals surface area contributed by atoms with Gasteiger partial charge in [0.2, 0.25) is 0 Å². The number of halogens is 3. The van der Waals surface area contributed by atoms with Gasteiger partial charge in [-0.3, -0.25) is 0 Å². The van der Waals surface area contributed by atoms with E-state index in [1.807, 2.05) is 0 Å². The third-order valence-corrected chi connectivity index (χ3v) is 4.36. The molecule has 0 aliphatic rings. The van der Waals surface area contributed by atoms with Gasteiger partial charge in [0.05, 0.1) is 12.8 Å². The third kappa shape index (κ3) is 3.43. The fraction of sp³-hybridized carbons (Fsp3) is 0.143. The number of phenols is 1. The van der Waals surface area contributed by atoms with Crippen LogP contribution < -0.4 is 9.64 Å². The summed E-state index contributed by atoms with van der Waals surface area (Å²) in [6, 6.07) is 11.4. The Morgan fingerprint density at radius 1 is 0.963 bits per heavy atom. The van der Waals surface area contributed by atoms with Gasteiger partial charge in [0.1, 0.15) is 23.1 Å². The van der Waals surface area contributed by atoms with Crippen LogP contribution in [-0.2, 0) is 0 Å². The minimum atomic E-state index is -1.08. The van der Waals surface area contributed by atoms with Crippen LogP contribution in [0.5, 0.6) is 11.5 Å². The lowest BCUT2D eigenvalue weighted by atomic mass is 10.0. The van der Waals surface area contributed by atoms with E-state index in [0.29, 0.717) is 28.1 Å². The average Bonchev–Trinajstić information content (AvgIpc) is 2.64. The van der Waals surface area contributed by atoms with Crippen LogP contribution in [0.4, 0.5) is 24.5 Å². The Morgan fingerprint density at radius 2 is 1.70 bits per heavy atom. The largest absolute Gasteiger partial charge is 0.505 e. The molecule has 0 aliphatic carbocycles. The molecule has 0 saturated heterocycles. The van der Waals surface area contributed by atoms with Gasteiger partial charge in [0.25, 0.3) is 0 Å². The van der Waals surface area contributed by atoms with Gasteiger partial charge in [-0.25, -0.2) is 13.2 Å². The molecule has 0 radical (unpaired) electrons. The molecule has 3 aromatic carbocycles. The van der Waals surface area contributed by atoms with Gasteiger partial charge in [0, 0.05) is 7.05 Å². The van der Waals surface area contributed by atoms with Gasteiger partial charge in [-0.2, -0.15) is 0 Å². The Kier molecular flexibility index (Phi) is 4.99. The smallest absolute Gasteiger partial charge is 0.191 e. The van der Waals surface area contributed by atoms with Crippen molar-refractivity contribution < 1.29 is 23.0 Å². The maximum atomic E-state index is 14.4. The Bertz CT molecular complexity index is 1000. The normalized spacial score (nSPS) is 10.7. The minimum Gasteiger partial charge on any atom is -0.505 e. The SMILES string of the molecule is COc1c(C)cc(-c2cccc(F)c2)cc1N(C)c1c(F)ccc(O)c1F. The van der Waals surface area contributed by atoms with E-state index in [1.54, 1.807) is 31.2 Å². The number of rotatable bonds is 4. The van der Waals surface area contributed by atoms with Crippen molar-refractivity contribution in [3.63, 3.8) is 0 Å². The highest BCUT2D eigenvalue weighted by molar-refractivity contribution is 5.79. The maximum absolute atomic E-state index is 14.4. The molecule has 0 unspecified atom stereocenters. The van der Waals surface area contributed by atoms with Crippen LogP contribution in [0.25, 0.3) is 11.1 Å². The summed E-state index contributed by atoms with van der Waals surface area (Å²) in [6.07, 6.45) is 0. The highest BCUT2D eigenvalue weighted by Crippen LogP contribution is 2.41. The third-order valence-electron chi connectivity index (χ3n) is 4.36. The van der Waals surface area contributed by atoms with Gasteiger partial charge in [-0.1, -0.05) is 12.1 Å². The van der Waals surface area contributed by atoms with E-state index < -0.39 is 23.1 Å². The van der Waals surface area contributed by atoms with Crippen molar-refractivity contribution in [2.75, 3.05) is 19.1 Å². The first kappa shape index (κ1) is 18.6. The molecule has 0 fully saturated rings. The zero-order valence-corrected chi connectivity index (χ0v) is 15.1. The monoisotopic (exact) mass is 373 g/mol. The fourth-order valence-corrected chi connectivity index (χ4v) is 3.06. The lowest BCUT2D eigenvalue weighted by Gasteiger charge is -2.25. The molecule has 0 saturated carbocycles. The van der Waals surface area contributed by atoms with Crippen molar-refractivity contribution in [1.29, 1.82) is 0 Å². The Hall–Kier alpha value is -3.15. The molecule has 0 atom stereocenters. The van der Waals surface area contributed by atoms with Crippen LogP contribution >= 0.6 is 0 Å². The number of nitrogens with zero attached hydrogens (tertiary/aromatic N) is 1. The van der Waals surface area contributed by atoms with E-state index in [0.717, 1.165) is 12.1 Å². The number of ether oxygens (including phenoxy) is 1. The zero-order chi connectivity index (χ0) is 19.7. The van der Waals surface area contributed by atoms with Crippen LogP contribution in [0.2, 0.25) is 0 Å². The topological polar surface area (TPSA) is 32.7 Å². The van der Waals surface area contributed by atoms with Gasteiger partial charge in [-0.05, 0) is 60.0 Å². The summed E-state index contributed by atoms with van der Waals surface area (Å²) in [7, 11) is 2.92. The quantitative estimate of drug-likeness (QED) is 0.650. The van der Waals surface area contributed by atoms with E-state index in [9.17, 15) is 18.3 Å². The summed E-state index contributed by atoms with van der Waals surface area (Å²) in [6.45, 7) is 1.79. The summed E-state index contributed by atoms with van der Waals surface area (Å²) >= 11 is 0. The standard InChI is InChI=1S/C21H18F3NO2/c1-12-9-14(13-5-4-6-15(22)10-13)11-17(21(12)27-3)25(2)20-16(23)7-8-18(26)19(20)24/h4-11,26H,1-3H3. The summed E-state index contributed by atoms with van der Waals surface area (Å²) in [5.74, 6) is -2.53. The van der Waals surface area contributed by atoms with Gasteiger partial charge in [0.15, 0.2) is 11.6 Å². The number of hydrogen-bond acceptors (Lipinski definition) is 3. The summed E-state index contributed by atoms with van der Waals surface area (Å²) in [5, 5.41) is 9.62. The van der Waals surface area contributed by atoms with Gasteiger partial charge >= 0.3 is 0 Å². The van der Waals surface area contributed by atoms with Gasteiger partial charge < -0.3 is 14.7 Å². The summed E-state index contributed by atoms with van der Waals surface area (Å²) in [4.78, 5) is 1.26. The molecular formula is C21H18F3NO2. The van der Waals surface area contributed by atoms with E-state index in [4.69, 9.17) is 4.74 Å². The van der Waals surface area contributed by atoms with E-state index >= 15 is 0 Å². The molecule has 6 heteroatoms. The molecule has 0 bridgehead atoms. The van der Waals surface area contributed by atoms with Crippen molar-refractivity contribution in [2.24, 2.45) is 0 Å². The van der Waals surface area contributed by atoms with Crippen LogP contribution in [0.15, 0.2) is 48.5 Å². The second kappa shape index (κ2) is 7.23. The van der Waals surface area contributed by atoms with Crippen LogP contribution in [0.1, 0.15) is 5.56 Å². The second-order valence-electron chi connectivity index (χ2n) is 6.14. The molecule has 0 aromatic heterocycles. The van der Waals surface area contributed by atoms with E-state index in [-0.39, 0.29) is 5.82 Å². The molecule has 0 heterocycles. The predicted molar refractivity (Wildman–Crippen MR) is 99.2 cm³/mol. The van der Waals surface area contributed by atoms with Crippen LogP contribution in [0.3, 0.4) is 0 Å². The van der Waals surface area contributed by atoms with Crippen LogP contribution in [-0.4, -0.2) is 19.3 Å². The van der Waals surface area contributed by atoms with Crippen molar-refractivity contribution in [3.05, 3.63) is 71.5 Å². The lowest BCUT2D eigenvalue weighted by molar-refractivity contribution is 0.411. The number of aromatic hydroxyl groups is 1. The number of phenolic OH excluding ortho intramolecular Hbond substituents is 1. The highest BCUT2D eigenvalue weighted by Gasteiger charge is 2.22. The van der Waals surface area contributed by atoms with Gasteiger partial charge in [-0.15, -0.1) is 0 Å². The number of methoxy groups -OCH3 is 1. The molecule has 27 heavy (non-hydrogen) atoms.